The maximum atomic E-state index is 14.1. The van der Waals surface area contributed by atoms with E-state index in [9.17, 15) is 9.18 Å². The molecule has 1 heterocycles. The summed E-state index contributed by atoms with van der Waals surface area (Å²) in [5.41, 5.74) is 3.86. The van der Waals surface area contributed by atoms with Crippen molar-refractivity contribution < 1.29 is 18.7 Å². The van der Waals surface area contributed by atoms with Gasteiger partial charge in [0.2, 0.25) is 5.91 Å². The van der Waals surface area contributed by atoms with Crippen LogP contribution in [0.3, 0.4) is 0 Å². The minimum atomic E-state index is -0.376. The number of para-hydroxylation sites is 2. The summed E-state index contributed by atoms with van der Waals surface area (Å²) in [6, 6.07) is 22.9. The van der Waals surface area contributed by atoms with Crippen LogP contribution in [0.2, 0.25) is 0 Å². The summed E-state index contributed by atoms with van der Waals surface area (Å²) in [4.78, 5) is 17.4. The van der Waals surface area contributed by atoms with Gasteiger partial charge in [0, 0.05) is 32.3 Å². The number of aryl methyl sites for hydroxylation is 1. The first-order chi connectivity index (χ1) is 17.1. The molecule has 0 unspecified atom stereocenters. The zero-order valence-electron chi connectivity index (χ0n) is 20.2. The number of rotatable bonds is 8. The lowest BCUT2D eigenvalue weighted by atomic mass is 9.97. The van der Waals surface area contributed by atoms with E-state index in [2.05, 4.69) is 4.90 Å². The number of nitrogens with zero attached hydrogens (tertiary/aromatic N) is 2. The van der Waals surface area contributed by atoms with Gasteiger partial charge in [-0.1, -0.05) is 48.5 Å². The van der Waals surface area contributed by atoms with Gasteiger partial charge in [0.25, 0.3) is 0 Å². The van der Waals surface area contributed by atoms with Crippen molar-refractivity contribution in [1.29, 1.82) is 0 Å². The number of ether oxygens (including phenoxy) is 2. The Morgan fingerprint density at radius 2 is 1.57 bits per heavy atom. The van der Waals surface area contributed by atoms with Crippen LogP contribution in [-0.4, -0.2) is 51.2 Å². The van der Waals surface area contributed by atoms with E-state index in [1.807, 2.05) is 65.6 Å². The first-order valence-electron chi connectivity index (χ1n) is 11.8. The second kappa shape index (κ2) is 11.6. The van der Waals surface area contributed by atoms with E-state index in [1.165, 1.54) is 13.2 Å². The molecule has 4 rings (SSSR count). The summed E-state index contributed by atoms with van der Waals surface area (Å²) in [5.74, 6) is 0.701. The first kappa shape index (κ1) is 24.3. The molecule has 1 amide bonds. The lowest BCUT2D eigenvalue weighted by Gasteiger charge is -2.36. The van der Waals surface area contributed by atoms with E-state index in [1.54, 1.807) is 19.3 Å². The summed E-state index contributed by atoms with van der Waals surface area (Å²) >= 11 is 0. The van der Waals surface area contributed by atoms with Crippen LogP contribution in [0, 0.1) is 5.82 Å². The number of methoxy groups -OCH3 is 2. The molecule has 35 heavy (non-hydrogen) atoms. The number of hydrogen-bond donors (Lipinski definition) is 0. The van der Waals surface area contributed by atoms with Crippen molar-refractivity contribution in [2.75, 3.05) is 45.3 Å². The topological polar surface area (TPSA) is 42.0 Å². The summed E-state index contributed by atoms with van der Waals surface area (Å²) in [6.45, 7) is 2.76. The van der Waals surface area contributed by atoms with Crippen LogP contribution in [0.1, 0.15) is 17.5 Å². The molecule has 0 atom stereocenters. The summed E-state index contributed by atoms with van der Waals surface area (Å²) < 4.78 is 24.7. The van der Waals surface area contributed by atoms with Crippen molar-refractivity contribution in [3.63, 3.8) is 0 Å². The molecule has 0 saturated carbocycles. The molecule has 1 saturated heterocycles. The monoisotopic (exact) mass is 474 g/mol. The smallest absolute Gasteiger partial charge is 0.246 e. The number of anilines is 1. The van der Waals surface area contributed by atoms with E-state index in [4.69, 9.17) is 9.47 Å². The molecule has 0 aliphatic carbocycles. The third kappa shape index (κ3) is 6.01. The number of amides is 1. The SMILES string of the molecule is COc1ccc(CC/C(=C/C(=O)N2CCN(c3ccccc3OC)CC2)c2ccccc2)cc1F. The van der Waals surface area contributed by atoms with Crippen molar-refractivity contribution in [2.45, 2.75) is 12.8 Å². The Morgan fingerprint density at radius 3 is 2.26 bits per heavy atom. The summed E-state index contributed by atoms with van der Waals surface area (Å²) in [6.07, 6.45) is 2.99. The number of benzene rings is 3. The highest BCUT2D eigenvalue weighted by molar-refractivity contribution is 5.95. The zero-order chi connectivity index (χ0) is 24.6. The molecule has 5 nitrogen and oxygen atoms in total. The number of piperazine rings is 1. The van der Waals surface area contributed by atoms with E-state index in [0.29, 0.717) is 25.9 Å². The van der Waals surface area contributed by atoms with E-state index < -0.39 is 0 Å². The maximum absolute atomic E-state index is 14.1. The van der Waals surface area contributed by atoms with Gasteiger partial charge in [-0.25, -0.2) is 4.39 Å². The molecule has 1 fully saturated rings. The van der Waals surface area contributed by atoms with Crippen molar-refractivity contribution in [1.82, 2.24) is 4.90 Å². The molecule has 3 aromatic rings. The maximum Gasteiger partial charge on any atom is 0.246 e. The Balaban J connectivity index is 1.45. The van der Waals surface area contributed by atoms with Gasteiger partial charge in [0.05, 0.1) is 19.9 Å². The van der Waals surface area contributed by atoms with Crippen molar-refractivity contribution in [2.24, 2.45) is 0 Å². The fourth-order valence-electron chi connectivity index (χ4n) is 4.40. The Bertz CT molecular complexity index is 1170. The van der Waals surface area contributed by atoms with Crippen LogP contribution in [0.15, 0.2) is 78.9 Å². The van der Waals surface area contributed by atoms with Crippen LogP contribution in [0.5, 0.6) is 11.5 Å². The zero-order valence-corrected chi connectivity index (χ0v) is 20.2. The molecule has 182 valence electrons. The van der Waals surface area contributed by atoms with Gasteiger partial charge in [-0.3, -0.25) is 4.79 Å². The molecule has 0 bridgehead atoms. The number of carbonyl (C=O) groups is 1. The molecule has 1 aliphatic heterocycles. The predicted octanol–water partition coefficient (Wildman–Crippen LogP) is 5.21. The van der Waals surface area contributed by atoms with Crippen LogP contribution in [-0.2, 0) is 11.2 Å². The molecule has 3 aromatic carbocycles. The molecule has 6 heteroatoms. The fraction of sp³-hybridized carbons (Fsp3) is 0.276. The second-order valence-corrected chi connectivity index (χ2v) is 8.49. The Morgan fingerprint density at radius 1 is 0.886 bits per heavy atom. The Labute approximate surface area is 206 Å². The van der Waals surface area contributed by atoms with Crippen LogP contribution in [0.25, 0.3) is 5.57 Å². The van der Waals surface area contributed by atoms with Gasteiger partial charge >= 0.3 is 0 Å². The van der Waals surface area contributed by atoms with Gasteiger partial charge in [0.1, 0.15) is 5.75 Å². The standard InChI is InChI=1S/C29H31FN2O3/c1-34-27-15-13-22(20-25(27)30)12-14-24(23-8-4-3-5-9-23)21-29(33)32-18-16-31(17-19-32)26-10-6-7-11-28(26)35-2/h3-11,13,15,20-21H,12,14,16-19H2,1-2H3/b24-21-. The van der Waals surface area contributed by atoms with Crippen molar-refractivity contribution >= 4 is 17.2 Å². The van der Waals surface area contributed by atoms with Gasteiger partial charge in [-0.05, 0) is 53.8 Å². The van der Waals surface area contributed by atoms with E-state index >= 15 is 0 Å². The number of allylic oxidation sites excluding steroid dienone is 1. The number of carbonyl (C=O) groups excluding carboxylic acids is 1. The van der Waals surface area contributed by atoms with Gasteiger partial charge in [-0.2, -0.15) is 0 Å². The second-order valence-electron chi connectivity index (χ2n) is 8.49. The first-order valence-corrected chi connectivity index (χ1v) is 11.8. The average Bonchev–Trinajstić information content (AvgIpc) is 2.91. The average molecular weight is 475 g/mol. The molecule has 0 radical (unpaired) electrons. The molecule has 1 aliphatic rings. The van der Waals surface area contributed by atoms with Crippen LogP contribution >= 0.6 is 0 Å². The van der Waals surface area contributed by atoms with E-state index in [0.717, 1.165) is 41.2 Å². The van der Waals surface area contributed by atoms with E-state index in [-0.39, 0.29) is 17.5 Å². The Hall–Kier alpha value is -3.80. The van der Waals surface area contributed by atoms with Crippen LogP contribution < -0.4 is 14.4 Å². The van der Waals surface area contributed by atoms with Crippen LogP contribution in [0.4, 0.5) is 10.1 Å². The molecule has 0 spiro atoms. The number of hydrogen-bond acceptors (Lipinski definition) is 4. The van der Waals surface area contributed by atoms with Gasteiger partial charge in [-0.15, -0.1) is 0 Å². The predicted molar refractivity (Wildman–Crippen MR) is 137 cm³/mol. The quantitative estimate of drug-likeness (QED) is 0.421. The molecular formula is C29H31FN2O3. The molecule has 0 aromatic heterocycles. The third-order valence-corrected chi connectivity index (χ3v) is 6.36. The van der Waals surface area contributed by atoms with Gasteiger partial charge < -0.3 is 19.3 Å². The molecule has 0 N–H and O–H groups in total. The van der Waals surface area contributed by atoms with Crippen molar-refractivity contribution in [3.05, 3.63) is 95.8 Å². The minimum Gasteiger partial charge on any atom is -0.495 e. The highest BCUT2D eigenvalue weighted by Crippen LogP contribution is 2.29. The largest absolute Gasteiger partial charge is 0.495 e. The lowest BCUT2D eigenvalue weighted by molar-refractivity contribution is -0.126. The summed E-state index contributed by atoms with van der Waals surface area (Å²) in [7, 11) is 3.13. The van der Waals surface area contributed by atoms with Gasteiger partial charge in [0.15, 0.2) is 11.6 Å². The Kier molecular flexibility index (Phi) is 8.03. The van der Waals surface area contributed by atoms with Crippen molar-refractivity contribution in [3.8, 4) is 11.5 Å². The lowest BCUT2D eigenvalue weighted by Crippen LogP contribution is -2.48. The number of halogens is 1. The minimum absolute atomic E-state index is 0.00411. The highest BCUT2D eigenvalue weighted by Gasteiger charge is 2.22. The normalized spacial score (nSPS) is 14.1. The third-order valence-electron chi connectivity index (χ3n) is 6.36. The fourth-order valence-corrected chi connectivity index (χ4v) is 4.40. The summed E-state index contributed by atoms with van der Waals surface area (Å²) in [5, 5.41) is 0. The highest BCUT2D eigenvalue weighted by atomic mass is 19.1. The molecular weight excluding hydrogens is 443 g/mol.